The van der Waals surface area contributed by atoms with Gasteiger partial charge in [0.1, 0.15) is 0 Å². The van der Waals surface area contributed by atoms with Crippen molar-refractivity contribution in [2.75, 3.05) is 12.3 Å². The Morgan fingerprint density at radius 2 is 2.11 bits per heavy atom. The molecule has 0 bridgehead atoms. The topological polar surface area (TPSA) is 72.4 Å². The summed E-state index contributed by atoms with van der Waals surface area (Å²) in [5, 5.41) is 4.49. The van der Waals surface area contributed by atoms with Crippen molar-refractivity contribution in [2.45, 2.75) is 13.0 Å². The number of halogens is 1. The van der Waals surface area contributed by atoms with Gasteiger partial charge in [-0.15, -0.1) is 0 Å². The molecule has 0 spiro atoms. The molecule has 0 unspecified atom stereocenters. The molecular formula is C13H12ClN3O2. The van der Waals surface area contributed by atoms with Gasteiger partial charge in [0.2, 0.25) is 5.88 Å². The molecule has 3 rings (SSSR count). The molecular weight excluding hydrogens is 266 g/mol. The Morgan fingerprint density at radius 1 is 1.37 bits per heavy atom. The number of nitrogens with zero attached hydrogens (tertiary/aromatic N) is 2. The quantitative estimate of drug-likeness (QED) is 0.866. The first kappa shape index (κ1) is 12.0. The lowest BCUT2D eigenvalue weighted by atomic mass is 10.1. The lowest BCUT2D eigenvalue weighted by Gasteiger charge is -2.26. The zero-order chi connectivity index (χ0) is 13.4. The molecule has 1 aromatic carbocycles. The van der Waals surface area contributed by atoms with E-state index in [1.54, 1.807) is 29.2 Å². The third-order valence-corrected chi connectivity index (χ3v) is 3.50. The van der Waals surface area contributed by atoms with Crippen molar-refractivity contribution in [1.29, 1.82) is 0 Å². The monoisotopic (exact) mass is 277 g/mol. The van der Waals surface area contributed by atoms with E-state index in [2.05, 4.69) is 5.16 Å². The predicted molar refractivity (Wildman–Crippen MR) is 70.8 cm³/mol. The van der Waals surface area contributed by atoms with Crippen molar-refractivity contribution >= 4 is 23.4 Å². The van der Waals surface area contributed by atoms with Crippen LogP contribution in [0, 0.1) is 0 Å². The summed E-state index contributed by atoms with van der Waals surface area (Å²) in [6.07, 6.45) is 0.662. The number of anilines is 1. The number of fused-ring (bicyclic) bond motifs is 1. The molecule has 2 heterocycles. The lowest BCUT2D eigenvalue weighted by Crippen LogP contribution is -2.35. The summed E-state index contributed by atoms with van der Waals surface area (Å²) in [5.74, 6) is 0.256. The highest BCUT2D eigenvalue weighted by Crippen LogP contribution is 2.25. The number of carbonyl (C=O) groups excluding carboxylic acids is 1. The summed E-state index contributed by atoms with van der Waals surface area (Å²) in [5.41, 5.74) is 7.97. The predicted octanol–water partition coefficient (Wildman–Crippen LogP) is 2.11. The van der Waals surface area contributed by atoms with Crippen LogP contribution in [0.5, 0.6) is 0 Å². The van der Waals surface area contributed by atoms with Gasteiger partial charge in [0.25, 0.3) is 5.91 Å². The summed E-state index contributed by atoms with van der Waals surface area (Å²) < 4.78 is 4.94. The van der Waals surface area contributed by atoms with Crippen LogP contribution in [0.2, 0.25) is 5.02 Å². The van der Waals surface area contributed by atoms with Gasteiger partial charge >= 0.3 is 0 Å². The average Bonchev–Trinajstić information content (AvgIpc) is 2.80. The highest BCUT2D eigenvalue weighted by molar-refractivity contribution is 6.30. The second kappa shape index (κ2) is 4.59. The smallest absolute Gasteiger partial charge is 0.254 e. The van der Waals surface area contributed by atoms with Crippen molar-refractivity contribution < 1.29 is 9.32 Å². The number of aromatic nitrogens is 1. The fourth-order valence-electron chi connectivity index (χ4n) is 2.18. The number of nitrogen functional groups attached to an aromatic ring is 1. The standard InChI is InChI=1S/C13H12ClN3O2/c14-9-3-1-8(2-4-9)13(18)17-6-5-11-10(7-17)12(15)19-16-11/h1-4H,5-7,15H2. The van der Waals surface area contributed by atoms with Crippen LogP contribution in [0.3, 0.4) is 0 Å². The molecule has 1 aromatic heterocycles. The molecule has 98 valence electrons. The van der Waals surface area contributed by atoms with Gasteiger partial charge in [-0.1, -0.05) is 16.8 Å². The van der Waals surface area contributed by atoms with Crippen molar-refractivity contribution in [3.05, 3.63) is 46.1 Å². The maximum Gasteiger partial charge on any atom is 0.254 e. The summed E-state index contributed by atoms with van der Waals surface area (Å²) >= 11 is 5.81. The van der Waals surface area contributed by atoms with Gasteiger partial charge in [0.05, 0.1) is 17.8 Å². The van der Waals surface area contributed by atoms with E-state index in [4.69, 9.17) is 21.9 Å². The van der Waals surface area contributed by atoms with Gasteiger partial charge in [-0.3, -0.25) is 4.79 Å². The summed E-state index contributed by atoms with van der Waals surface area (Å²) in [7, 11) is 0. The molecule has 0 fully saturated rings. The number of nitrogens with two attached hydrogens (primary N) is 1. The molecule has 0 atom stereocenters. The van der Waals surface area contributed by atoms with E-state index >= 15 is 0 Å². The number of benzene rings is 1. The molecule has 0 aliphatic carbocycles. The summed E-state index contributed by atoms with van der Waals surface area (Å²) in [6.45, 7) is 1.05. The Hall–Kier alpha value is -2.01. The SMILES string of the molecule is Nc1onc2c1CN(C(=O)c1ccc(Cl)cc1)CC2. The first-order valence-corrected chi connectivity index (χ1v) is 6.30. The Balaban J connectivity index is 1.83. The van der Waals surface area contributed by atoms with Crippen LogP contribution < -0.4 is 5.73 Å². The number of hydrogen-bond acceptors (Lipinski definition) is 4. The van der Waals surface area contributed by atoms with Crippen LogP contribution in [-0.2, 0) is 13.0 Å². The van der Waals surface area contributed by atoms with Crippen LogP contribution in [0.25, 0.3) is 0 Å². The van der Waals surface area contributed by atoms with E-state index in [1.807, 2.05) is 0 Å². The molecule has 1 aliphatic heterocycles. The van der Waals surface area contributed by atoms with E-state index in [-0.39, 0.29) is 5.91 Å². The minimum Gasteiger partial charge on any atom is -0.367 e. The maximum absolute atomic E-state index is 12.3. The largest absolute Gasteiger partial charge is 0.367 e. The van der Waals surface area contributed by atoms with Crippen molar-refractivity contribution in [2.24, 2.45) is 0 Å². The van der Waals surface area contributed by atoms with Gasteiger partial charge in [-0.2, -0.15) is 0 Å². The second-order valence-electron chi connectivity index (χ2n) is 4.46. The first-order chi connectivity index (χ1) is 9.15. The van der Waals surface area contributed by atoms with Crippen molar-refractivity contribution in [3.63, 3.8) is 0 Å². The van der Waals surface area contributed by atoms with Gasteiger partial charge in [-0.25, -0.2) is 0 Å². The van der Waals surface area contributed by atoms with Gasteiger partial charge in [0, 0.05) is 23.6 Å². The molecule has 2 N–H and O–H groups in total. The molecule has 19 heavy (non-hydrogen) atoms. The highest BCUT2D eigenvalue weighted by Gasteiger charge is 2.26. The zero-order valence-electron chi connectivity index (χ0n) is 10.1. The molecule has 1 amide bonds. The molecule has 1 aliphatic rings. The molecule has 2 aromatic rings. The Labute approximate surface area is 114 Å². The zero-order valence-corrected chi connectivity index (χ0v) is 10.9. The summed E-state index contributed by atoms with van der Waals surface area (Å²) in [6, 6.07) is 6.85. The fraction of sp³-hybridized carbons (Fsp3) is 0.231. The average molecular weight is 278 g/mol. The molecule has 0 radical (unpaired) electrons. The molecule has 0 saturated carbocycles. The molecule has 6 heteroatoms. The number of amides is 1. The van der Waals surface area contributed by atoms with Crippen molar-refractivity contribution in [1.82, 2.24) is 10.1 Å². The van der Waals surface area contributed by atoms with E-state index in [0.29, 0.717) is 36.0 Å². The van der Waals surface area contributed by atoms with E-state index < -0.39 is 0 Å². The van der Waals surface area contributed by atoms with Crippen LogP contribution in [0.4, 0.5) is 5.88 Å². The van der Waals surface area contributed by atoms with Gasteiger partial charge in [-0.05, 0) is 24.3 Å². The molecule has 0 saturated heterocycles. The third-order valence-electron chi connectivity index (χ3n) is 3.25. The lowest BCUT2D eigenvalue weighted by molar-refractivity contribution is 0.0734. The second-order valence-corrected chi connectivity index (χ2v) is 4.89. The normalized spacial score (nSPS) is 14.3. The Kier molecular flexibility index (Phi) is 2.91. The first-order valence-electron chi connectivity index (χ1n) is 5.93. The summed E-state index contributed by atoms with van der Waals surface area (Å²) in [4.78, 5) is 14.1. The van der Waals surface area contributed by atoms with Crippen LogP contribution in [0.1, 0.15) is 21.6 Å². The Bertz CT molecular complexity index is 621. The van der Waals surface area contributed by atoms with E-state index in [0.717, 1.165) is 11.3 Å². The minimum absolute atomic E-state index is 0.0390. The third kappa shape index (κ3) is 2.17. The number of carbonyl (C=O) groups is 1. The Morgan fingerprint density at radius 3 is 2.84 bits per heavy atom. The fourth-order valence-corrected chi connectivity index (χ4v) is 2.31. The van der Waals surface area contributed by atoms with Crippen LogP contribution in [0.15, 0.2) is 28.8 Å². The van der Waals surface area contributed by atoms with Crippen LogP contribution in [-0.4, -0.2) is 22.5 Å². The number of rotatable bonds is 1. The van der Waals surface area contributed by atoms with Crippen LogP contribution >= 0.6 is 11.6 Å². The molecule has 5 nitrogen and oxygen atoms in total. The van der Waals surface area contributed by atoms with E-state index in [1.165, 1.54) is 0 Å². The maximum atomic E-state index is 12.3. The van der Waals surface area contributed by atoms with Crippen molar-refractivity contribution in [3.8, 4) is 0 Å². The highest BCUT2D eigenvalue weighted by atomic mass is 35.5. The van der Waals surface area contributed by atoms with Gasteiger partial charge in [0.15, 0.2) is 0 Å². The minimum atomic E-state index is -0.0390. The number of hydrogen-bond donors (Lipinski definition) is 1. The van der Waals surface area contributed by atoms with Gasteiger partial charge < -0.3 is 15.2 Å². The van der Waals surface area contributed by atoms with E-state index in [9.17, 15) is 4.79 Å².